The topological polar surface area (TPSA) is 36.4 Å². The number of hydrogen-bond donors (Lipinski definition) is 0. The molecule has 0 atom stereocenters. The van der Waals surface area contributed by atoms with Crippen LogP contribution in [0, 0.1) is 5.41 Å². The molecule has 0 aliphatic carbocycles. The molecule has 3 heterocycles. The Balaban J connectivity index is 1.24. The highest BCUT2D eigenvalue weighted by Crippen LogP contribution is 2.40. The number of hydrogen-bond acceptors (Lipinski definition) is 3. The summed E-state index contributed by atoms with van der Waals surface area (Å²) in [6.45, 7) is 4.94. The summed E-state index contributed by atoms with van der Waals surface area (Å²) in [6.07, 6.45) is 4.67. The molecular weight excluding hydrogens is 346 g/mol. The van der Waals surface area contributed by atoms with Gasteiger partial charge in [-0.05, 0) is 55.8 Å². The van der Waals surface area contributed by atoms with E-state index in [-0.39, 0.29) is 5.91 Å². The van der Waals surface area contributed by atoms with Crippen LogP contribution in [-0.4, -0.2) is 46.9 Å². The van der Waals surface area contributed by atoms with Crippen molar-refractivity contribution in [3.8, 4) is 0 Å². The molecule has 136 valence electrons. The summed E-state index contributed by atoms with van der Waals surface area (Å²) in [5.74, 6) is 0.230. The maximum absolute atomic E-state index is 12.5. The lowest BCUT2D eigenvalue weighted by molar-refractivity contribution is -0.146. The fraction of sp³-hybridized carbons (Fsp3) is 0.429. The Labute approximate surface area is 159 Å². The number of carbonyl (C=O) groups is 1. The lowest BCUT2D eigenvalue weighted by Gasteiger charge is -2.54. The normalized spacial score (nSPS) is 19.3. The number of nitrogens with zero attached hydrogens (tertiary/aromatic N) is 3. The Morgan fingerprint density at radius 1 is 1.08 bits per heavy atom. The van der Waals surface area contributed by atoms with E-state index in [1.54, 1.807) is 0 Å². The molecule has 2 aliphatic rings. The third-order valence-electron chi connectivity index (χ3n) is 5.70. The second-order valence-electron chi connectivity index (χ2n) is 7.65. The van der Waals surface area contributed by atoms with Crippen LogP contribution in [0.2, 0.25) is 5.02 Å². The van der Waals surface area contributed by atoms with Gasteiger partial charge in [-0.1, -0.05) is 29.8 Å². The summed E-state index contributed by atoms with van der Waals surface area (Å²) < 4.78 is 0. The van der Waals surface area contributed by atoms with Crippen molar-refractivity contribution in [1.82, 2.24) is 14.8 Å². The molecule has 2 fully saturated rings. The van der Waals surface area contributed by atoms with Crippen LogP contribution in [0.3, 0.4) is 0 Å². The lowest BCUT2D eigenvalue weighted by atomic mass is 9.72. The average Bonchev–Trinajstić information content (AvgIpc) is 2.63. The van der Waals surface area contributed by atoms with Gasteiger partial charge in [-0.25, -0.2) is 0 Å². The van der Waals surface area contributed by atoms with E-state index in [2.05, 4.69) is 16.0 Å². The Bertz CT molecular complexity index is 747. The monoisotopic (exact) mass is 369 g/mol. The van der Waals surface area contributed by atoms with Crippen LogP contribution in [-0.2, 0) is 17.8 Å². The average molecular weight is 370 g/mol. The van der Waals surface area contributed by atoms with Gasteiger partial charge in [0.2, 0.25) is 5.91 Å². The quantitative estimate of drug-likeness (QED) is 0.828. The minimum atomic E-state index is 0.230. The zero-order chi connectivity index (χ0) is 18.0. The summed E-state index contributed by atoms with van der Waals surface area (Å²) in [7, 11) is 0. The first-order chi connectivity index (χ1) is 12.6. The largest absolute Gasteiger partial charge is 0.341 e. The van der Waals surface area contributed by atoms with Gasteiger partial charge in [0.15, 0.2) is 0 Å². The first kappa shape index (κ1) is 17.5. The Hall–Kier alpha value is -1.91. The van der Waals surface area contributed by atoms with Crippen molar-refractivity contribution < 1.29 is 4.79 Å². The van der Waals surface area contributed by atoms with Crippen molar-refractivity contribution in [1.29, 1.82) is 0 Å². The van der Waals surface area contributed by atoms with Gasteiger partial charge >= 0.3 is 0 Å². The summed E-state index contributed by atoms with van der Waals surface area (Å²) in [5, 5.41) is 0.710. The predicted molar refractivity (Wildman–Crippen MR) is 103 cm³/mol. The van der Waals surface area contributed by atoms with Gasteiger partial charge in [-0.2, -0.15) is 0 Å². The summed E-state index contributed by atoms with van der Waals surface area (Å²) in [5.41, 5.74) is 2.51. The minimum Gasteiger partial charge on any atom is -0.341 e. The second kappa shape index (κ2) is 7.37. The Morgan fingerprint density at radius 2 is 1.81 bits per heavy atom. The van der Waals surface area contributed by atoms with Crippen molar-refractivity contribution in [2.24, 2.45) is 5.41 Å². The van der Waals surface area contributed by atoms with E-state index in [0.717, 1.165) is 44.0 Å². The summed E-state index contributed by atoms with van der Waals surface area (Å²) in [4.78, 5) is 21.4. The van der Waals surface area contributed by atoms with Gasteiger partial charge < -0.3 is 4.90 Å². The maximum Gasteiger partial charge on any atom is 0.227 e. The highest BCUT2D eigenvalue weighted by Gasteiger charge is 2.46. The van der Waals surface area contributed by atoms with Crippen LogP contribution >= 0.6 is 11.6 Å². The molecule has 0 saturated carbocycles. The molecule has 2 aliphatic heterocycles. The second-order valence-corrected chi connectivity index (χ2v) is 8.09. The van der Waals surface area contributed by atoms with Gasteiger partial charge in [0.1, 0.15) is 0 Å². The standard InChI is InChI=1S/C21H24ClN3O/c22-18-6-4-17(5-7-18)13-20(26)25-15-21(16-25)8-11-24(12-9-21)14-19-3-1-2-10-23-19/h1-7,10H,8-9,11-16H2. The number of pyridine rings is 1. The molecular formula is C21H24ClN3O. The van der Waals surface area contributed by atoms with E-state index in [1.165, 1.54) is 12.8 Å². The van der Waals surface area contributed by atoms with E-state index in [1.807, 2.05) is 47.5 Å². The molecule has 1 amide bonds. The molecule has 1 aromatic heterocycles. The molecule has 5 heteroatoms. The minimum absolute atomic E-state index is 0.230. The highest BCUT2D eigenvalue weighted by atomic mass is 35.5. The van der Waals surface area contributed by atoms with E-state index in [0.29, 0.717) is 16.9 Å². The fourth-order valence-electron chi connectivity index (χ4n) is 4.05. The molecule has 1 spiro atoms. The molecule has 0 N–H and O–H groups in total. The van der Waals surface area contributed by atoms with Gasteiger partial charge in [0.05, 0.1) is 12.1 Å². The predicted octanol–water partition coefficient (Wildman–Crippen LogP) is 3.40. The number of halogens is 1. The SMILES string of the molecule is O=C(Cc1ccc(Cl)cc1)N1CC2(CCN(Cc3ccccn3)CC2)C1. The van der Waals surface area contributed by atoms with Crippen LogP contribution in [0.4, 0.5) is 0 Å². The van der Waals surface area contributed by atoms with Gasteiger partial charge in [-0.15, -0.1) is 0 Å². The van der Waals surface area contributed by atoms with E-state index < -0.39 is 0 Å². The van der Waals surface area contributed by atoms with Crippen molar-refractivity contribution in [2.75, 3.05) is 26.2 Å². The first-order valence-corrected chi connectivity index (χ1v) is 9.64. The van der Waals surface area contributed by atoms with Crippen molar-refractivity contribution in [3.63, 3.8) is 0 Å². The number of carbonyl (C=O) groups excluding carboxylic acids is 1. The number of likely N-dealkylation sites (tertiary alicyclic amines) is 2. The summed E-state index contributed by atoms with van der Waals surface area (Å²) >= 11 is 5.91. The number of piperidine rings is 1. The van der Waals surface area contributed by atoms with Crippen LogP contribution < -0.4 is 0 Å². The van der Waals surface area contributed by atoms with Crippen LogP contribution in [0.1, 0.15) is 24.1 Å². The Morgan fingerprint density at radius 3 is 2.46 bits per heavy atom. The molecule has 1 aromatic carbocycles. The van der Waals surface area contributed by atoms with Crippen molar-refractivity contribution in [3.05, 3.63) is 64.9 Å². The fourth-order valence-corrected chi connectivity index (χ4v) is 4.18. The van der Waals surface area contributed by atoms with Gasteiger partial charge in [-0.3, -0.25) is 14.7 Å². The van der Waals surface area contributed by atoms with Crippen LogP contribution in [0.5, 0.6) is 0 Å². The summed E-state index contributed by atoms with van der Waals surface area (Å²) in [6, 6.07) is 13.7. The van der Waals surface area contributed by atoms with Gasteiger partial charge in [0.25, 0.3) is 0 Å². The molecule has 0 radical (unpaired) electrons. The highest BCUT2D eigenvalue weighted by molar-refractivity contribution is 6.30. The van der Waals surface area contributed by atoms with E-state index in [4.69, 9.17) is 11.6 Å². The molecule has 2 saturated heterocycles. The number of rotatable bonds is 4. The van der Waals surface area contributed by atoms with E-state index >= 15 is 0 Å². The number of aromatic nitrogens is 1. The third-order valence-corrected chi connectivity index (χ3v) is 5.95. The van der Waals surface area contributed by atoms with Crippen molar-refractivity contribution >= 4 is 17.5 Å². The molecule has 0 unspecified atom stereocenters. The van der Waals surface area contributed by atoms with Crippen LogP contribution in [0.25, 0.3) is 0 Å². The molecule has 4 rings (SSSR count). The molecule has 4 nitrogen and oxygen atoms in total. The van der Waals surface area contributed by atoms with E-state index in [9.17, 15) is 4.79 Å². The third kappa shape index (κ3) is 3.92. The first-order valence-electron chi connectivity index (χ1n) is 9.26. The number of amides is 1. The zero-order valence-electron chi connectivity index (χ0n) is 14.9. The van der Waals surface area contributed by atoms with Crippen molar-refractivity contribution in [2.45, 2.75) is 25.8 Å². The maximum atomic E-state index is 12.5. The molecule has 26 heavy (non-hydrogen) atoms. The zero-order valence-corrected chi connectivity index (χ0v) is 15.7. The smallest absolute Gasteiger partial charge is 0.227 e. The molecule has 2 aromatic rings. The Kier molecular flexibility index (Phi) is 4.96. The van der Waals surface area contributed by atoms with Gasteiger partial charge in [0, 0.05) is 36.3 Å². The lowest BCUT2D eigenvalue weighted by Crippen LogP contribution is -2.62. The molecule has 0 bridgehead atoms. The van der Waals surface area contributed by atoms with Crippen LogP contribution in [0.15, 0.2) is 48.7 Å². The number of benzene rings is 1.